The summed E-state index contributed by atoms with van der Waals surface area (Å²) in [4.78, 5) is 11.9. The number of primary amides is 1. The zero-order valence-electron chi connectivity index (χ0n) is 11.7. The lowest BCUT2D eigenvalue weighted by atomic mass is 9.62. The van der Waals surface area contributed by atoms with Gasteiger partial charge < -0.3 is 5.73 Å². The maximum Gasteiger partial charge on any atom is 0.224 e. The van der Waals surface area contributed by atoms with E-state index in [1.54, 1.807) is 0 Å². The number of alkyl halides is 1. The average molecular weight is 290 g/mol. The number of benzene rings is 1. The van der Waals surface area contributed by atoms with Crippen LogP contribution in [0.1, 0.15) is 38.2 Å². The number of halogens is 1. The second kappa shape index (κ2) is 3.59. The topological polar surface area (TPSA) is 43.1 Å². The SMILES string of the molecule is CC1(Cl)C2CC3(c4ccccc4)CC1C(C(N)=O)(C2)C3. The lowest BCUT2D eigenvalue weighted by molar-refractivity contribution is -0.129. The summed E-state index contributed by atoms with van der Waals surface area (Å²) in [5, 5.41) is 0. The van der Waals surface area contributed by atoms with E-state index >= 15 is 0 Å². The standard InChI is InChI=1S/C17H20ClNO/c1-15(18)12-7-16(11-5-3-2-4-6-11)9-13(15)17(8-12,10-16)14(19)20/h2-6,12-13H,7-10H2,1H3,(H2,19,20). The van der Waals surface area contributed by atoms with E-state index in [1.165, 1.54) is 5.56 Å². The molecule has 4 bridgehead atoms. The van der Waals surface area contributed by atoms with Crippen LogP contribution in [0.2, 0.25) is 0 Å². The summed E-state index contributed by atoms with van der Waals surface area (Å²) in [7, 11) is 0. The van der Waals surface area contributed by atoms with Crippen LogP contribution >= 0.6 is 11.6 Å². The molecular formula is C17H20ClNO. The first-order valence-corrected chi connectivity index (χ1v) is 7.83. The molecule has 5 atom stereocenters. The Kier molecular flexibility index (Phi) is 2.28. The molecule has 1 aromatic carbocycles. The Morgan fingerprint density at radius 2 is 1.95 bits per heavy atom. The fourth-order valence-corrected chi connectivity index (χ4v) is 6.09. The molecule has 1 aromatic rings. The summed E-state index contributed by atoms with van der Waals surface area (Å²) in [5.74, 6) is 0.506. The summed E-state index contributed by atoms with van der Waals surface area (Å²) >= 11 is 6.83. The highest BCUT2D eigenvalue weighted by atomic mass is 35.5. The fourth-order valence-electron chi connectivity index (χ4n) is 5.65. The second-order valence-electron chi connectivity index (χ2n) is 7.36. The van der Waals surface area contributed by atoms with Crippen LogP contribution < -0.4 is 5.73 Å². The number of amides is 1. The van der Waals surface area contributed by atoms with E-state index in [2.05, 4.69) is 31.2 Å². The van der Waals surface area contributed by atoms with Crippen LogP contribution in [-0.2, 0) is 10.2 Å². The van der Waals surface area contributed by atoms with Crippen molar-refractivity contribution in [2.75, 3.05) is 0 Å². The quantitative estimate of drug-likeness (QED) is 0.835. The minimum atomic E-state index is -0.366. The number of hydrogen-bond acceptors (Lipinski definition) is 1. The van der Waals surface area contributed by atoms with Crippen LogP contribution in [0, 0.1) is 17.3 Å². The van der Waals surface area contributed by atoms with E-state index in [0.717, 1.165) is 25.7 Å². The molecule has 0 aromatic heterocycles. The van der Waals surface area contributed by atoms with Crippen molar-refractivity contribution in [3.05, 3.63) is 35.9 Å². The average Bonchev–Trinajstić information content (AvgIpc) is 2.77. The third-order valence-electron chi connectivity index (χ3n) is 6.52. The smallest absolute Gasteiger partial charge is 0.224 e. The van der Waals surface area contributed by atoms with E-state index in [1.807, 2.05) is 6.07 Å². The van der Waals surface area contributed by atoms with Gasteiger partial charge in [-0.05, 0) is 55.4 Å². The van der Waals surface area contributed by atoms with Gasteiger partial charge in [0.2, 0.25) is 5.91 Å². The molecule has 1 amide bonds. The van der Waals surface area contributed by atoms with Gasteiger partial charge in [0.15, 0.2) is 0 Å². The summed E-state index contributed by atoms with van der Waals surface area (Å²) in [6.45, 7) is 2.12. The zero-order valence-corrected chi connectivity index (χ0v) is 12.5. The highest BCUT2D eigenvalue weighted by molar-refractivity contribution is 6.25. The van der Waals surface area contributed by atoms with E-state index in [-0.39, 0.29) is 27.5 Å². The largest absolute Gasteiger partial charge is 0.369 e. The van der Waals surface area contributed by atoms with Crippen molar-refractivity contribution in [3.63, 3.8) is 0 Å². The molecule has 106 valence electrons. The van der Waals surface area contributed by atoms with Gasteiger partial charge in [-0.2, -0.15) is 0 Å². The molecule has 3 heteroatoms. The third-order valence-corrected chi connectivity index (χ3v) is 7.09. The van der Waals surface area contributed by atoms with Crippen molar-refractivity contribution in [2.45, 2.75) is 42.9 Å². The van der Waals surface area contributed by atoms with Crippen molar-refractivity contribution in [2.24, 2.45) is 23.0 Å². The molecule has 0 heterocycles. The molecule has 0 spiro atoms. The highest BCUT2D eigenvalue weighted by Crippen LogP contribution is 2.75. The summed E-state index contributed by atoms with van der Waals surface area (Å²) in [6.07, 6.45) is 3.89. The fraction of sp³-hybridized carbons (Fsp3) is 0.588. The number of hydrogen-bond donors (Lipinski definition) is 1. The normalized spacial score (nSPS) is 48.7. The summed E-state index contributed by atoms with van der Waals surface area (Å²) in [5.41, 5.74) is 6.94. The second-order valence-corrected chi connectivity index (χ2v) is 8.17. The van der Waals surface area contributed by atoms with E-state index in [0.29, 0.717) is 5.92 Å². The van der Waals surface area contributed by atoms with Crippen molar-refractivity contribution >= 4 is 17.5 Å². The van der Waals surface area contributed by atoms with Crippen molar-refractivity contribution in [1.82, 2.24) is 0 Å². The number of nitrogens with two attached hydrogens (primary N) is 1. The first kappa shape index (κ1) is 12.7. The molecule has 5 unspecified atom stereocenters. The van der Waals surface area contributed by atoms with Crippen molar-refractivity contribution < 1.29 is 4.79 Å². The minimum Gasteiger partial charge on any atom is -0.369 e. The Morgan fingerprint density at radius 1 is 1.25 bits per heavy atom. The molecule has 2 nitrogen and oxygen atoms in total. The van der Waals surface area contributed by atoms with Crippen LogP contribution in [0.3, 0.4) is 0 Å². The summed E-state index contributed by atoms with van der Waals surface area (Å²) < 4.78 is 0. The first-order valence-electron chi connectivity index (χ1n) is 7.45. The van der Waals surface area contributed by atoms with Crippen molar-refractivity contribution in [1.29, 1.82) is 0 Å². The molecular weight excluding hydrogens is 270 g/mol. The van der Waals surface area contributed by atoms with Gasteiger partial charge in [0, 0.05) is 4.87 Å². The van der Waals surface area contributed by atoms with Crippen LogP contribution in [0.15, 0.2) is 30.3 Å². The molecule has 2 N–H and O–H groups in total. The predicted molar refractivity (Wildman–Crippen MR) is 79.5 cm³/mol. The maximum absolute atomic E-state index is 12.2. The van der Waals surface area contributed by atoms with Gasteiger partial charge in [0.1, 0.15) is 0 Å². The Hall–Kier alpha value is -1.02. The van der Waals surface area contributed by atoms with Crippen molar-refractivity contribution in [3.8, 4) is 0 Å². The van der Waals surface area contributed by atoms with Crippen LogP contribution in [0.4, 0.5) is 0 Å². The molecule has 4 aliphatic rings. The van der Waals surface area contributed by atoms with Gasteiger partial charge in [-0.25, -0.2) is 0 Å². The Labute approximate surface area is 124 Å². The Bertz CT molecular complexity index is 584. The Balaban J connectivity index is 1.85. The van der Waals surface area contributed by atoms with E-state index < -0.39 is 0 Å². The molecule has 4 saturated carbocycles. The molecule has 0 saturated heterocycles. The van der Waals surface area contributed by atoms with E-state index in [9.17, 15) is 4.79 Å². The summed E-state index contributed by atoms with van der Waals surface area (Å²) in [6, 6.07) is 10.6. The number of carbonyl (C=O) groups excluding carboxylic acids is 1. The lowest BCUT2D eigenvalue weighted by Crippen LogP contribution is -2.42. The van der Waals surface area contributed by atoms with Gasteiger partial charge in [-0.3, -0.25) is 4.79 Å². The monoisotopic (exact) mass is 289 g/mol. The molecule has 4 aliphatic carbocycles. The zero-order chi connectivity index (χ0) is 14.2. The molecule has 20 heavy (non-hydrogen) atoms. The highest BCUT2D eigenvalue weighted by Gasteiger charge is 2.73. The lowest BCUT2D eigenvalue weighted by Gasteiger charge is -2.45. The van der Waals surface area contributed by atoms with Gasteiger partial charge in [-0.15, -0.1) is 11.6 Å². The maximum atomic E-state index is 12.2. The van der Waals surface area contributed by atoms with Crippen LogP contribution in [-0.4, -0.2) is 10.8 Å². The number of rotatable bonds is 2. The Morgan fingerprint density at radius 3 is 2.55 bits per heavy atom. The molecule has 0 aliphatic heterocycles. The van der Waals surface area contributed by atoms with Crippen LogP contribution in [0.25, 0.3) is 0 Å². The van der Waals surface area contributed by atoms with Crippen LogP contribution in [0.5, 0.6) is 0 Å². The molecule has 4 fully saturated rings. The van der Waals surface area contributed by atoms with Gasteiger partial charge in [-0.1, -0.05) is 30.3 Å². The van der Waals surface area contributed by atoms with Gasteiger partial charge in [0.25, 0.3) is 0 Å². The molecule has 5 rings (SSSR count). The van der Waals surface area contributed by atoms with E-state index in [4.69, 9.17) is 17.3 Å². The van der Waals surface area contributed by atoms with Gasteiger partial charge in [0.05, 0.1) is 5.41 Å². The first-order chi connectivity index (χ1) is 9.41. The number of carbonyl (C=O) groups is 1. The third kappa shape index (κ3) is 1.29. The predicted octanol–water partition coefficient (Wildman–Crippen LogP) is 3.23. The minimum absolute atomic E-state index is 0.123. The molecule has 0 radical (unpaired) electrons. The van der Waals surface area contributed by atoms with Gasteiger partial charge >= 0.3 is 0 Å².